The molecule has 0 spiro atoms. The number of nitrogens with one attached hydrogen (secondary N) is 2. The van der Waals surface area contributed by atoms with Gasteiger partial charge in [0, 0.05) is 30.6 Å². The first kappa shape index (κ1) is 15.5. The van der Waals surface area contributed by atoms with E-state index in [1.165, 1.54) is 0 Å². The number of benzene rings is 1. The lowest BCUT2D eigenvalue weighted by Gasteiger charge is -2.13. The number of amides is 1. The maximum atomic E-state index is 12.2. The van der Waals surface area contributed by atoms with Crippen LogP contribution in [0.1, 0.15) is 17.5 Å². The molecule has 1 aromatic carbocycles. The molecular weight excluding hydrogens is 290 g/mol. The highest BCUT2D eigenvalue weighted by molar-refractivity contribution is 5.93. The Morgan fingerprint density at radius 2 is 2.17 bits per heavy atom. The maximum Gasteiger partial charge on any atom is 0.228 e. The summed E-state index contributed by atoms with van der Waals surface area (Å²) < 4.78 is 5.86. The minimum absolute atomic E-state index is 0.0408. The monoisotopic (exact) mass is 311 g/mol. The van der Waals surface area contributed by atoms with Gasteiger partial charge in [-0.1, -0.05) is 6.07 Å². The van der Waals surface area contributed by atoms with Crippen molar-refractivity contribution in [3.8, 4) is 11.6 Å². The molecule has 0 aliphatic carbocycles. The Morgan fingerprint density at radius 3 is 2.91 bits per heavy atom. The highest BCUT2D eigenvalue weighted by atomic mass is 16.5. The molecule has 2 aromatic rings. The van der Waals surface area contributed by atoms with Gasteiger partial charge in [0.2, 0.25) is 11.8 Å². The number of rotatable bonds is 4. The Labute approximate surface area is 136 Å². The lowest BCUT2D eigenvalue weighted by atomic mass is 10.1. The van der Waals surface area contributed by atoms with Crippen molar-refractivity contribution in [1.82, 2.24) is 10.3 Å². The van der Waals surface area contributed by atoms with E-state index >= 15 is 0 Å². The van der Waals surface area contributed by atoms with E-state index in [-0.39, 0.29) is 11.8 Å². The zero-order chi connectivity index (χ0) is 16.2. The maximum absolute atomic E-state index is 12.2. The number of ether oxygens (including phenoxy) is 1. The van der Waals surface area contributed by atoms with Crippen LogP contribution in [0.25, 0.3) is 0 Å². The molecule has 1 saturated heterocycles. The largest absolute Gasteiger partial charge is 0.439 e. The molecule has 0 radical (unpaired) electrons. The third-order valence-electron chi connectivity index (χ3n) is 3.99. The van der Waals surface area contributed by atoms with Gasteiger partial charge >= 0.3 is 0 Å². The van der Waals surface area contributed by atoms with Crippen LogP contribution >= 0.6 is 0 Å². The number of carbonyl (C=O) groups excluding carboxylic acids is 1. The SMILES string of the molecule is Cc1ccnc(Oc2cc(NC(=O)C3CCNC3)ccc2C)c1. The molecule has 120 valence electrons. The topological polar surface area (TPSA) is 63.2 Å². The molecular formula is C18H21N3O2. The van der Waals surface area contributed by atoms with Crippen molar-refractivity contribution < 1.29 is 9.53 Å². The zero-order valence-electron chi connectivity index (χ0n) is 13.4. The highest BCUT2D eigenvalue weighted by Crippen LogP contribution is 2.27. The van der Waals surface area contributed by atoms with Crippen molar-refractivity contribution in [2.75, 3.05) is 18.4 Å². The summed E-state index contributed by atoms with van der Waals surface area (Å²) in [4.78, 5) is 16.4. The van der Waals surface area contributed by atoms with Crippen LogP contribution in [0.5, 0.6) is 11.6 Å². The van der Waals surface area contributed by atoms with Crippen molar-refractivity contribution in [2.45, 2.75) is 20.3 Å². The van der Waals surface area contributed by atoms with Crippen molar-refractivity contribution in [3.05, 3.63) is 47.7 Å². The third kappa shape index (κ3) is 3.87. The summed E-state index contributed by atoms with van der Waals surface area (Å²) in [6, 6.07) is 9.49. The summed E-state index contributed by atoms with van der Waals surface area (Å²) >= 11 is 0. The van der Waals surface area contributed by atoms with E-state index in [2.05, 4.69) is 15.6 Å². The second kappa shape index (κ2) is 6.79. The number of anilines is 1. The van der Waals surface area contributed by atoms with E-state index in [1.807, 2.05) is 44.2 Å². The van der Waals surface area contributed by atoms with Crippen molar-refractivity contribution in [2.24, 2.45) is 5.92 Å². The second-order valence-corrected chi connectivity index (χ2v) is 5.93. The van der Waals surface area contributed by atoms with Gasteiger partial charge in [0.05, 0.1) is 5.92 Å². The van der Waals surface area contributed by atoms with Gasteiger partial charge in [-0.25, -0.2) is 4.98 Å². The molecule has 1 unspecified atom stereocenters. The summed E-state index contributed by atoms with van der Waals surface area (Å²) in [5.41, 5.74) is 2.83. The zero-order valence-corrected chi connectivity index (χ0v) is 13.4. The highest BCUT2D eigenvalue weighted by Gasteiger charge is 2.22. The van der Waals surface area contributed by atoms with Crippen LogP contribution in [0, 0.1) is 19.8 Å². The number of aryl methyl sites for hydroxylation is 2. The van der Waals surface area contributed by atoms with Gasteiger partial charge in [-0.3, -0.25) is 4.79 Å². The van der Waals surface area contributed by atoms with Gasteiger partial charge < -0.3 is 15.4 Å². The molecule has 1 aliphatic heterocycles. The first-order valence-electron chi connectivity index (χ1n) is 7.84. The fraction of sp³-hybridized carbons (Fsp3) is 0.333. The Balaban J connectivity index is 1.74. The van der Waals surface area contributed by atoms with Gasteiger partial charge in [0.25, 0.3) is 0 Å². The molecule has 3 rings (SSSR count). The molecule has 23 heavy (non-hydrogen) atoms. The Kier molecular flexibility index (Phi) is 4.57. The molecule has 1 aliphatic rings. The molecule has 0 saturated carbocycles. The molecule has 0 bridgehead atoms. The molecule has 5 heteroatoms. The van der Waals surface area contributed by atoms with Crippen LogP contribution in [0.4, 0.5) is 5.69 Å². The first-order valence-corrected chi connectivity index (χ1v) is 7.84. The number of nitrogens with zero attached hydrogens (tertiary/aromatic N) is 1. The predicted molar refractivity (Wildman–Crippen MR) is 89.8 cm³/mol. The molecule has 1 amide bonds. The van der Waals surface area contributed by atoms with E-state index in [4.69, 9.17) is 4.74 Å². The van der Waals surface area contributed by atoms with E-state index in [0.29, 0.717) is 11.6 Å². The molecule has 5 nitrogen and oxygen atoms in total. The normalized spacial score (nSPS) is 17.0. The smallest absolute Gasteiger partial charge is 0.228 e. The van der Waals surface area contributed by atoms with Crippen molar-refractivity contribution in [3.63, 3.8) is 0 Å². The molecule has 1 atom stereocenters. The summed E-state index contributed by atoms with van der Waals surface area (Å²) in [5.74, 6) is 1.35. The Hall–Kier alpha value is -2.40. The van der Waals surface area contributed by atoms with E-state index in [1.54, 1.807) is 6.20 Å². The lowest BCUT2D eigenvalue weighted by molar-refractivity contribution is -0.119. The summed E-state index contributed by atoms with van der Waals surface area (Å²) in [7, 11) is 0. The van der Waals surface area contributed by atoms with E-state index in [9.17, 15) is 4.79 Å². The molecule has 1 aromatic heterocycles. The first-order chi connectivity index (χ1) is 11.1. The lowest BCUT2D eigenvalue weighted by Crippen LogP contribution is -2.24. The standard InChI is InChI=1S/C18H21N3O2/c1-12-5-8-20-17(9-12)23-16-10-15(4-3-13(16)2)21-18(22)14-6-7-19-11-14/h3-5,8-10,14,19H,6-7,11H2,1-2H3,(H,21,22). The van der Waals surface area contributed by atoms with Crippen LogP contribution in [0.15, 0.2) is 36.5 Å². The average Bonchev–Trinajstić information content (AvgIpc) is 3.05. The van der Waals surface area contributed by atoms with Crippen LogP contribution in [0.3, 0.4) is 0 Å². The van der Waals surface area contributed by atoms with Gasteiger partial charge in [-0.2, -0.15) is 0 Å². The van der Waals surface area contributed by atoms with Crippen molar-refractivity contribution >= 4 is 11.6 Å². The number of carbonyl (C=O) groups is 1. The average molecular weight is 311 g/mol. The molecule has 2 N–H and O–H groups in total. The Morgan fingerprint density at radius 1 is 1.30 bits per heavy atom. The summed E-state index contributed by atoms with van der Waals surface area (Å²) in [6.07, 6.45) is 2.60. The van der Waals surface area contributed by atoms with Gasteiger partial charge in [-0.05, 0) is 50.1 Å². The number of aromatic nitrogens is 1. The second-order valence-electron chi connectivity index (χ2n) is 5.93. The van der Waals surface area contributed by atoms with Crippen LogP contribution in [0.2, 0.25) is 0 Å². The van der Waals surface area contributed by atoms with Gasteiger partial charge in [0.1, 0.15) is 5.75 Å². The predicted octanol–water partition coefficient (Wildman–Crippen LogP) is 3.04. The summed E-state index contributed by atoms with van der Waals surface area (Å²) in [6.45, 7) is 5.61. The van der Waals surface area contributed by atoms with E-state index < -0.39 is 0 Å². The van der Waals surface area contributed by atoms with Crippen LogP contribution < -0.4 is 15.4 Å². The number of hydrogen-bond donors (Lipinski definition) is 2. The van der Waals surface area contributed by atoms with Gasteiger partial charge in [-0.15, -0.1) is 0 Å². The summed E-state index contributed by atoms with van der Waals surface area (Å²) in [5, 5.41) is 6.17. The van der Waals surface area contributed by atoms with E-state index in [0.717, 1.165) is 36.3 Å². The van der Waals surface area contributed by atoms with Crippen LogP contribution in [-0.4, -0.2) is 24.0 Å². The number of hydrogen-bond acceptors (Lipinski definition) is 4. The van der Waals surface area contributed by atoms with Gasteiger partial charge in [0.15, 0.2) is 0 Å². The Bertz CT molecular complexity index is 709. The third-order valence-corrected chi connectivity index (χ3v) is 3.99. The molecule has 1 fully saturated rings. The minimum atomic E-state index is 0.0408. The number of pyridine rings is 1. The minimum Gasteiger partial charge on any atom is -0.439 e. The quantitative estimate of drug-likeness (QED) is 0.911. The fourth-order valence-corrected chi connectivity index (χ4v) is 2.59. The molecule has 2 heterocycles. The fourth-order valence-electron chi connectivity index (χ4n) is 2.59. The van der Waals surface area contributed by atoms with Crippen LogP contribution in [-0.2, 0) is 4.79 Å². The van der Waals surface area contributed by atoms with Crippen molar-refractivity contribution in [1.29, 1.82) is 0 Å².